The van der Waals surface area contributed by atoms with Gasteiger partial charge >= 0.3 is 10.1 Å². The summed E-state index contributed by atoms with van der Waals surface area (Å²) in [7, 11) is -2.37. The lowest BCUT2D eigenvalue weighted by Crippen LogP contribution is -2.50. The first-order valence-electron chi connectivity index (χ1n) is 14.4. The van der Waals surface area contributed by atoms with Crippen molar-refractivity contribution in [2.24, 2.45) is 0 Å². The number of hydrogen-bond acceptors (Lipinski definition) is 7. The van der Waals surface area contributed by atoms with Crippen molar-refractivity contribution in [2.75, 3.05) is 57.8 Å². The number of nitrogens with zero attached hydrogens (tertiary/aromatic N) is 3. The second-order valence-corrected chi connectivity index (χ2v) is 12.2. The molecule has 0 bridgehead atoms. The molecule has 222 valence electrons. The van der Waals surface area contributed by atoms with Crippen LogP contribution in [0.25, 0.3) is 0 Å². The van der Waals surface area contributed by atoms with Crippen molar-refractivity contribution in [3.63, 3.8) is 0 Å². The topological polar surface area (TPSA) is 62.3 Å². The SMILES string of the molecule is CCCN(CCN1CCN(c2ccccc2)CC1)[C@H]1CCc2c(cccc2OS(=O)(=O)c2ccc(OC)cc2)C1.Cl. The van der Waals surface area contributed by atoms with Crippen LogP contribution >= 0.6 is 12.4 Å². The molecule has 9 heteroatoms. The first-order chi connectivity index (χ1) is 19.5. The molecule has 0 amide bonds. The van der Waals surface area contributed by atoms with Crippen molar-refractivity contribution < 1.29 is 17.3 Å². The lowest BCUT2D eigenvalue weighted by Gasteiger charge is -2.39. The van der Waals surface area contributed by atoms with Gasteiger partial charge in [-0.15, -0.1) is 12.4 Å². The van der Waals surface area contributed by atoms with Gasteiger partial charge in [0.1, 0.15) is 16.4 Å². The maximum atomic E-state index is 13.0. The highest BCUT2D eigenvalue weighted by Crippen LogP contribution is 2.33. The van der Waals surface area contributed by atoms with Crippen LogP contribution in [0.15, 0.2) is 77.7 Å². The third-order valence-electron chi connectivity index (χ3n) is 8.19. The standard InChI is InChI=1S/C32H41N3O4S.ClH/c1-3-18-34(22-19-33-20-23-35(24-21-33)27-9-5-4-6-10-27)28-12-17-31-26(25-28)8-7-11-32(31)39-40(36,37)30-15-13-29(38-2)14-16-30;/h4-11,13-16,28H,3,12,17-25H2,1-2H3;1H/t28-;/m0./s1. The molecule has 0 spiro atoms. The summed E-state index contributed by atoms with van der Waals surface area (Å²) < 4.78 is 36.8. The van der Waals surface area contributed by atoms with Crippen LogP contribution < -0.4 is 13.8 Å². The second-order valence-electron chi connectivity index (χ2n) is 10.7. The van der Waals surface area contributed by atoms with E-state index in [0.717, 1.165) is 77.1 Å². The van der Waals surface area contributed by atoms with Crippen LogP contribution in [-0.2, 0) is 23.0 Å². The minimum absolute atomic E-state index is 0. The average molecular weight is 600 g/mol. The molecular formula is C32H42ClN3O4S. The number of anilines is 1. The average Bonchev–Trinajstić information content (AvgIpc) is 3.00. The summed E-state index contributed by atoms with van der Waals surface area (Å²) in [5, 5.41) is 0. The fourth-order valence-electron chi connectivity index (χ4n) is 5.95. The third-order valence-corrected chi connectivity index (χ3v) is 9.43. The quantitative estimate of drug-likeness (QED) is 0.278. The van der Waals surface area contributed by atoms with Crippen molar-refractivity contribution in [1.82, 2.24) is 9.80 Å². The Morgan fingerprint density at radius 1 is 0.902 bits per heavy atom. The Bertz CT molecular complexity index is 1350. The summed E-state index contributed by atoms with van der Waals surface area (Å²) in [5.41, 5.74) is 3.52. The second kappa shape index (κ2) is 14.4. The van der Waals surface area contributed by atoms with Gasteiger partial charge in [0.2, 0.25) is 0 Å². The number of hydrogen-bond donors (Lipinski definition) is 0. The fraction of sp³-hybridized carbons (Fsp3) is 0.438. The first kappa shape index (κ1) is 31.2. The molecule has 1 heterocycles. The van der Waals surface area contributed by atoms with Crippen molar-refractivity contribution in [2.45, 2.75) is 43.5 Å². The zero-order valence-electron chi connectivity index (χ0n) is 24.1. The Hall–Kier alpha value is -2.78. The van der Waals surface area contributed by atoms with E-state index < -0.39 is 10.1 Å². The van der Waals surface area contributed by atoms with Gasteiger partial charge in [-0.25, -0.2) is 0 Å². The monoisotopic (exact) mass is 599 g/mol. The number of piperazine rings is 1. The maximum Gasteiger partial charge on any atom is 0.339 e. The molecule has 3 aromatic rings. The van der Waals surface area contributed by atoms with Crippen LogP contribution in [0, 0.1) is 0 Å². The molecule has 5 rings (SSSR count). The Morgan fingerprint density at radius 2 is 1.63 bits per heavy atom. The van der Waals surface area contributed by atoms with E-state index in [1.165, 1.54) is 23.4 Å². The molecule has 1 aliphatic carbocycles. The number of halogens is 1. The molecular weight excluding hydrogens is 558 g/mol. The largest absolute Gasteiger partial charge is 0.497 e. The molecule has 0 aromatic heterocycles. The number of methoxy groups -OCH3 is 1. The van der Waals surface area contributed by atoms with Gasteiger partial charge in [0.15, 0.2) is 0 Å². The molecule has 1 aliphatic heterocycles. The highest BCUT2D eigenvalue weighted by molar-refractivity contribution is 7.87. The predicted molar refractivity (Wildman–Crippen MR) is 167 cm³/mol. The zero-order chi connectivity index (χ0) is 28.0. The van der Waals surface area contributed by atoms with Crippen LogP contribution in [0.4, 0.5) is 5.69 Å². The molecule has 0 N–H and O–H groups in total. The van der Waals surface area contributed by atoms with Gasteiger partial charge in [-0.05, 0) is 85.8 Å². The molecule has 0 unspecified atom stereocenters. The smallest absolute Gasteiger partial charge is 0.339 e. The van der Waals surface area contributed by atoms with E-state index in [9.17, 15) is 8.42 Å². The fourth-order valence-corrected chi connectivity index (χ4v) is 6.91. The van der Waals surface area contributed by atoms with E-state index in [1.807, 2.05) is 6.07 Å². The molecule has 0 radical (unpaired) electrons. The Balaban J connectivity index is 0.00000387. The van der Waals surface area contributed by atoms with Crippen LogP contribution in [0.5, 0.6) is 11.5 Å². The highest BCUT2D eigenvalue weighted by atomic mass is 35.5. The van der Waals surface area contributed by atoms with Gasteiger partial charge in [0.25, 0.3) is 0 Å². The predicted octanol–water partition coefficient (Wildman–Crippen LogP) is 5.28. The molecule has 41 heavy (non-hydrogen) atoms. The van der Waals surface area contributed by atoms with Gasteiger partial charge in [0.05, 0.1) is 7.11 Å². The van der Waals surface area contributed by atoms with E-state index >= 15 is 0 Å². The van der Waals surface area contributed by atoms with E-state index in [-0.39, 0.29) is 17.3 Å². The van der Waals surface area contributed by atoms with Gasteiger partial charge in [-0.1, -0.05) is 37.3 Å². The van der Waals surface area contributed by atoms with E-state index in [4.69, 9.17) is 8.92 Å². The Labute approximate surface area is 251 Å². The molecule has 1 saturated heterocycles. The van der Waals surface area contributed by atoms with Gasteiger partial charge in [-0.3, -0.25) is 9.80 Å². The number of benzene rings is 3. The van der Waals surface area contributed by atoms with E-state index in [0.29, 0.717) is 17.5 Å². The molecule has 2 aliphatic rings. The van der Waals surface area contributed by atoms with Gasteiger partial charge in [0, 0.05) is 51.0 Å². The lowest BCUT2D eigenvalue weighted by atomic mass is 9.87. The van der Waals surface area contributed by atoms with Gasteiger partial charge in [-0.2, -0.15) is 8.42 Å². The van der Waals surface area contributed by atoms with Crippen LogP contribution in [-0.4, -0.2) is 77.2 Å². The first-order valence-corrected chi connectivity index (χ1v) is 15.8. The summed E-state index contributed by atoms with van der Waals surface area (Å²) in [5.74, 6) is 1.05. The molecule has 1 fully saturated rings. The summed E-state index contributed by atoms with van der Waals surface area (Å²) in [6, 6.07) is 23.3. The lowest BCUT2D eigenvalue weighted by molar-refractivity contribution is 0.145. The number of rotatable bonds is 11. The molecule has 7 nitrogen and oxygen atoms in total. The van der Waals surface area contributed by atoms with Crippen LogP contribution in [0.2, 0.25) is 0 Å². The third kappa shape index (κ3) is 7.74. The number of ether oxygens (including phenoxy) is 1. The van der Waals surface area contributed by atoms with Crippen LogP contribution in [0.3, 0.4) is 0 Å². The summed E-state index contributed by atoms with van der Waals surface area (Å²) in [6.07, 6.45) is 3.84. The summed E-state index contributed by atoms with van der Waals surface area (Å²) in [6.45, 7) is 9.77. The number of para-hydroxylation sites is 1. The molecule has 0 saturated carbocycles. The van der Waals surface area contributed by atoms with Crippen molar-refractivity contribution in [1.29, 1.82) is 0 Å². The van der Waals surface area contributed by atoms with E-state index in [2.05, 4.69) is 58.0 Å². The highest BCUT2D eigenvalue weighted by Gasteiger charge is 2.28. The van der Waals surface area contributed by atoms with Crippen molar-refractivity contribution >= 4 is 28.2 Å². The maximum absolute atomic E-state index is 13.0. The minimum Gasteiger partial charge on any atom is -0.497 e. The summed E-state index contributed by atoms with van der Waals surface area (Å²) >= 11 is 0. The summed E-state index contributed by atoms with van der Waals surface area (Å²) in [4.78, 5) is 7.84. The molecule has 3 aromatic carbocycles. The Kier molecular flexibility index (Phi) is 10.9. The minimum atomic E-state index is -3.93. The number of fused-ring (bicyclic) bond motifs is 1. The van der Waals surface area contributed by atoms with Gasteiger partial charge < -0.3 is 13.8 Å². The normalized spacial score (nSPS) is 17.5. The van der Waals surface area contributed by atoms with Crippen LogP contribution in [0.1, 0.15) is 30.9 Å². The van der Waals surface area contributed by atoms with Crippen molar-refractivity contribution in [3.05, 3.63) is 83.9 Å². The Morgan fingerprint density at radius 3 is 2.32 bits per heavy atom. The zero-order valence-corrected chi connectivity index (χ0v) is 25.7. The van der Waals surface area contributed by atoms with E-state index in [1.54, 1.807) is 25.3 Å². The molecule has 1 atom stereocenters. The van der Waals surface area contributed by atoms with Crippen molar-refractivity contribution in [3.8, 4) is 11.5 Å².